The first kappa shape index (κ1) is 21.9. The van der Waals surface area contributed by atoms with Crippen LogP contribution in [0.5, 0.6) is 0 Å². The van der Waals surface area contributed by atoms with Crippen LogP contribution in [0.25, 0.3) is 22.4 Å². The minimum atomic E-state index is 0.0198. The minimum Gasteiger partial charge on any atom is -0.378 e. The number of amides is 1. The Morgan fingerprint density at radius 3 is 2.88 bits per heavy atom. The van der Waals surface area contributed by atoms with E-state index in [1.165, 1.54) is 5.56 Å². The topological polar surface area (TPSA) is 89.7 Å². The number of aryl methyl sites for hydroxylation is 3. The standard InChI is InChI=1S/C26H29N7O/c1-17-26-22-10-8-19(20-15-28-32(3)16-20)14-23(22)24(11-12-33(26)31-30-17)29-21-6-4-5-18(7-9-21)13-25(34)27-2/h5-10,14-16,24,29H,4,11-13H2,1-3H3,(H,27,34). The molecule has 3 heterocycles. The highest BCUT2D eigenvalue weighted by Crippen LogP contribution is 2.38. The van der Waals surface area contributed by atoms with Gasteiger partial charge in [-0.3, -0.25) is 9.48 Å². The first-order valence-corrected chi connectivity index (χ1v) is 11.6. The molecule has 0 saturated heterocycles. The average molecular weight is 456 g/mol. The van der Waals surface area contributed by atoms with Crippen LogP contribution < -0.4 is 10.6 Å². The van der Waals surface area contributed by atoms with Gasteiger partial charge in [0.25, 0.3) is 0 Å². The van der Waals surface area contributed by atoms with E-state index in [2.05, 4.69) is 62.5 Å². The number of nitrogens with zero attached hydrogens (tertiary/aromatic N) is 5. The highest BCUT2D eigenvalue weighted by Gasteiger charge is 2.26. The second-order valence-corrected chi connectivity index (χ2v) is 8.79. The molecule has 1 amide bonds. The van der Waals surface area contributed by atoms with Gasteiger partial charge in [-0.15, -0.1) is 5.10 Å². The molecule has 1 aliphatic carbocycles. The molecule has 1 aliphatic heterocycles. The van der Waals surface area contributed by atoms with E-state index in [1.807, 2.05) is 41.8 Å². The van der Waals surface area contributed by atoms with E-state index < -0.39 is 0 Å². The molecule has 1 aromatic carbocycles. The van der Waals surface area contributed by atoms with Crippen LogP contribution in [0.3, 0.4) is 0 Å². The summed E-state index contributed by atoms with van der Waals surface area (Å²) in [5.41, 5.74) is 8.70. The lowest BCUT2D eigenvalue weighted by molar-refractivity contribution is -0.119. The maximum absolute atomic E-state index is 11.8. The molecule has 8 nitrogen and oxygen atoms in total. The number of rotatable bonds is 5. The lowest BCUT2D eigenvalue weighted by Gasteiger charge is -2.22. The smallest absolute Gasteiger partial charge is 0.224 e. The van der Waals surface area contributed by atoms with E-state index in [0.29, 0.717) is 6.42 Å². The number of nitrogens with one attached hydrogen (secondary N) is 2. The molecular weight excluding hydrogens is 426 g/mol. The molecule has 0 radical (unpaired) electrons. The van der Waals surface area contributed by atoms with Crippen LogP contribution in [0.2, 0.25) is 0 Å². The Morgan fingerprint density at radius 1 is 1.21 bits per heavy atom. The van der Waals surface area contributed by atoms with Gasteiger partial charge >= 0.3 is 0 Å². The van der Waals surface area contributed by atoms with Crippen LogP contribution in [0.15, 0.2) is 66.2 Å². The lowest BCUT2D eigenvalue weighted by Crippen LogP contribution is -2.21. The molecule has 5 rings (SSSR count). The van der Waals surface area contributed by atoms with Crippen LogP contribution >= 0.6 is 0 Å². The van der Waals surface area contributed by atoms with Gasteiger partial charge in [0.15, 0.2) is 0 Å². The molecule has 2 aliphatic rings. The van der Waals surface area contributed by atoms with E-state index in [-0.39, 0.29) is 11.9 Å². The van der Waals surface area contributed by atoms with Gasteiger partial charge in [-0.25, -0.2) is 4.68 Å². The molecule has 0 saturated carbocycles. The molecular formula is C26H29N7O. The maximum atomic E-state index is 11.8. The van der Waals surface area contributed by atoms with Gasteiger partial charge in [0.2, 0.25) is 5.91 Å². The number of hydrogen-bond donors (Lipinski definition) is 2. The number of carbonyl (C=O) groups excluding carboxylic acids is 1. The van der Waals surface area contributed by atoms with Crippen LogP contribution in [-0.2, 0) is 18.4 Å². The third-order valence-electron chi connectivity index (χ3n) is 6.43. The van der Waals surface area contributed by atoms with Crippen molar-refractivity contribution in [2.24, 2.45) is 7.05 Å². The van der Waals surface area contributed by atoms with Crippen molar-refractivity contribution in [3.63, 3.8) is 0 Å². The SMILES string of the molecule is CNC(=O)CC1=CCC=C(NC2CCn3nnc(C)c3-c3ccc(-c4cnn(C)c4)cc32)C=C1. The summed E-state index contributed by atoms with van der Waals surface area (Å²) in [6.45, 7) is 2.80. The summed E-state index contributed by atoms with van der Waals surface area (Å²) in [6.07, 6.45) is 14.4. The summed E-state index contributed by atoms with van der Waals surface area (Å²) in [7, 11) is 3.60. The Kier molecular flexibility index (Phi) is 5.88. The number of benzene rings is 1. The molecule has 0 fully saturated rings. The van der Waals surface area contributed by atoms with E-state index in [1.54, 1.807) is 7.05 Å². The monoisotopic (exact) mass is 455 g/mol. The fourth-order valence-corrected chi connectivity index (χ4v) is 4.65. The number of aromatic nitrogens is 5. The van der Waals surface area contributed by atoms with Gasteiger partial charge in [0.05, 0.1) is 30.0 Å². The highest BCUT2D eigenvalue weighted by molar-refractivity contribution is 5.79. The fraction of sp³-hybridized carbons (Fsp3) is 0.308. The molecule has 2 aromatic heterocycles. The molecule has 34 heavy (non-hydrogen) atoms. The Labute approximate surface area is 199 Å². The summed E-state index contributed by atoms with van der Waals surface area (Å²) in [5, 5.41) is 19.5. The first-order chi connectivity index (χ1) is 16.5. The van der Waals surface area contributed by atoms with Crippen molar-refractivity contribution in [1.82, 2.24) is 35.4 Å². The maximum Gasteiger partial charge on any atom is 0.224 e. The molecule has 174 valence electrons. The summed E-state index contributed by atoms with van der Waals surface area (Å²) >= 11 is 0. The van der Waals surface area contributed by atoms with Gasteiger partial charge in [0, 0.05) is 43.7 Å². The van der Waals surface area contributed by atoms with Gasteiger partial charge in [0.1, 0.15) is 0 Å². The second-order valence-electron chi connectivity index (χ2n) is 8.79. The van der Waals surface area contributed by atoms with Crippen LogP contribution in [-0.4, -0.2) is 37.7 Å². The summed E-state index contributed by atoms with van der Waals surface area (Å²) in [6, 6.07) is 6.70. The molecule has 0 bridgehead atoms. The number of hydrogen-bond acceptors (Lipinski definition) is 5. The summed E-state index contributed by atoms with van der Waals surface area (Å²) in [5.74, 6) is 0.0198. The van der Waals surface area contributed by atoms with Crippen LogP contribution in [0.4, 0.5) is 0 Å². The van der Waals surface area contributed by atoms with Gasteiger partial charge in [-0.2, -0.15) is 5.10 Å². The molecule has 1 unspecified atom stereocenters. The molecule has 2 N–H and O–H groups in total. The predicted molar refractivity (Wildman–Crippen MR) is 131 cm³/mol. The zero-order valence-corrected chi connectivity index (χ0v) is 19.7. The van der Waals surface area contributed by atoms with Gasteiger partial charge in [-0.1, -0.05) is 35.6 Å². The molecule has 1 atom stereocenters. The summed E-state index contributed by atoms with van der Waals surface area (Å²) in [4.78, 5) is 11.8. The number of allylic oxidation sites excluding steroid dienone is 4. The highest BCUT2D eigenvalue weighted by atomic mass is 16.1. The van der Waals surface area contributed by atoms with Crippen molar-refractivity contribution in [3.05, 3.63) is 77.4 Å². The van der Waals surface area contributed by atoms with Crippen molar-refractivity contribution in [2.75, 3.05) is 7.05 Å². The minimum absolute atomic E-state index is 0.0198. The van der Waals surface area contributed by atoms with Crippen molar-refractivity contribution in [1.29, 1.82) is 0 Å². The fourth-order valence-electron chi connectivity index (χ4n) is 4.65. The Balaban J connectivity index is 1.48. The van der Waals surface area contributed by atoms with Crippen molar-refractivity contribution in [2.45, 2.75) is 38.8 Å². The first-order valence-electron chi connectivity index (χ1n) is 11.6. The van der Waals surface area contributed by atoms with E-state index >= 15 is 0 Å². The van der Waals surface area contributed by atoms with Crippen molar-refractivity contribution < 1.29 is 4.79 Å². The van der Waals surface area contributed by atoms with Crippen LogP contribution in [0.1, 0.15) is 36.6 Å². The normalized spacial score (nSPS) is 17.1. The van der Waals surface area contributed by atoms with Crippen LogP contribution in [0, 0.1) is 6.92 Å². The van der Waals surface area contributed by atoms with Crippen molar-refractivity contribution >= 4 is 5.91 Å². The van der Waals surface area contributed by atoms with Crippen molar-refractivity contribution in [3.8, 4) is 22.4 Å². The average Bonchev–Trinajstić information content (AvgIpc) is 3.31. The summed E-state index contributed by atoms with van der Waals surface area (Å²) < 4.78 is 3.84. The zero-order valence-electron chi connectivity index (χ0n) is 19.7. The lowest BCUT2D eigenvalue weighted by atomic mass is 9.93. The third-order valence-corrected chi connectivity index (χ3v) is 6.43. The Morgan fingerprint density at radius 2 is 2.09 bits per heavy atom. The predicted octanol–water partition coefficient (Wildman–Crippen LogP) is 3.59. The van der Waals surface area contributed by atoms with Gasteiger partial charge < -0.3 is 10.6 Å². The number of carbonyl (C=O) groups is 1. The third kappa shape index (κ3) is 4.31. The Bertz CT molecular complexity index is 1320. The molecule has 3 aromatic rings. The number of fused-ring (bicyclic) bond motifs is 3. The zero-order chi connectivity index (χ0) is 23.7. The van der Waals surface area contributed by atoms with E-state index in [9.17, 15) is 4.79 Å². The van der Waals surface area contributed by atoms with E-state index in [4.69, 9.17) is 0 Å². The molecule has 8 heteroatoms. The second kappa shape index (κ2) is 9.13. The Hall–Kier alpha value is -3.94. The van der Waals surface area contributed by atoms with E-state index in [0.717, 1.165) is 58.7 Å². The largest absolute Gasteiger partial charge is 0.378 e. The molecule has 0 spiro atoms. The van der Waals surface area contributed by atoms with Gasteiger partial charge in [-0.05, 0) is 48.6 Å². The quantitative estimate of drug-likeness (QED) is 0.614.